The zero-order valence-corrected chi connectivity index (χ0v) is 12.3. The molecule has 0 aliphatic heterocycles. The Kier molecular flexibility index (Phi) is 4.86. The molecule has 0 bridgehead atoms. The Morgan fingerprint density at radius 1 is 1.42 bits per heavy atom. The van der Waals surface area contributed by atoms with Gasteiger partial charge in [-0.25, -0.2) is 4.39 Å². The number of halogens is 1. The normalized spacial score (nSPS) is 14.7. The molecule has 0 saturated heterocycles. The van der Waals surface area contributed by atoms with E-state index >= 15 is 0 Å². The topological polar surface area (TPSA) is 20.3 Å². The van der Waals surface area contributed by atoms with E-state index in [1.807, 2.05) is 11.0 Å². The summed E-state index contributed by atoms with van der Waals surface area (Å²) in [5.41, 5.74) is 0. The molecular formula is C15H20FNOS. The highest BCUT2D eigenvalue weighted by atomic mass is 32.2. The molecule has 2 nitrogen and oxygen atoms in total. The van der Waals surface area contributed by atoms with Crippen LogP contribution in [-0.2, 0) is 4.79 Å². The van der Waals surface area contributed by atoms with E-state index in [1.54, 1.807) is 12.1 Å². The third-order valence-electron chi connectivity index (χ3n) is 3.19. The van der Waals surface area contributed by atoms with Crippen molar-refractivity contribution >= 4 is 17.7 Å². The molecule has 0 radical (unpaired) electrons. The number of carbonyl (C=O) groups excluding carboxylic acids is 1. The van der Waals surface area contributed by atoms with Gasteiger partial charge in [0.05, 0.1) is 0 Å². The Morgan fingerprint density at radius 3 is 2.68 bits per heavy atom. The van der Waals surface area contributed by atoms with Gasteiger partial charge in [0, 0.05) is 29.2 Å². The van der Waals surface area contributed by atoms with Gasteiger partial charge in [-0.3, -0.25) is 4.79 Å². The molecule has 0 atom stereocenters. The summed E-state index contributed by atoms with van der Waals surface area (Å²) < 4.78 is 13.4. The maximum Gasteiger partial charge on any atom is 0.223 e. The minimum Gasteiger partial charge on any atom is -0.337 e. The number of hydrogen-bond donors (Lipinski definition) is 0. The molecule has 104 valence electrons. The van der Waals surface area contributed by atoms with Crippen molar-refractivity contribution in [1.82, 2.24) is 4.90 Å². The molecule has 0 unspecified atom stereocenters. The summed E-state index contributed by atoms with van der Waals surface area (Å²) in [7, 11) is 0. The highest BCUT2D eigenvalue weighted by molar-refractivity contribution is 7.99. The summed E-state index contributed by atoms with van der Waals surface area (Å²) in [6.07, 6.45) is 2.74. The van der Waals surface area contributed by atoms with Crippen molar-refractivity contribution in [3.8, 4) is 0 Å². The second-order valence-electron chi connectivity index (χ2n) is 5.15. The third kappa shape index (κ3) is 3.96. The van der Waals surface area contributed by atoms with Crippen LogP contribution < -0.4 is 0 Å². The summed E-state index contributed by atoms with van der Waals surface area (Å²) >= 11 is 1.41. The van der Waals surface area contributed by atoms with Gasteiger partial charge in [-0.2, -0.15) is 0 Å². The molecule has 1 aromatic rings. The molecule has 1 amide bonds. The fourth-order valence-corrected chi connectivity index (χ4v) is 3.08. The predicted octanol–water partition coefficient (Wildman–Crippen LogP) is 3.71. The second-order valence-corrected chi connectivity index (χ2v) is 6.29. The Labute approximate surface area is 118 Å². The fraction of sp³-hybridized carbons (Fsp3) is 0.533. The van der Waals surface area contributed by atoms with Crippen LogP contribution in [0.15, 0.2) is 29.2 Å². The lowest BCUT2D eigenvalue weighted by molar-refractivity contribution is -0.133. The van der Waals surface area contributed by atoms with Gasteiger partial charge in [0.25, 0.3) is 0 Å². The second kappa shape index (κ2) is 6.42. The van der Waals surface area contributed by atoms with Crippen LogP contribution >= 0.6 is 11.8 Å². The molecule has 4 heteroatoms. The van der Waals surface area contributed by atoms with Crippen LogP contribution in [0.2, 0.25) is 0 Å². The van der Waals surface area contributed by atoms with Crippen LogP contribution in [0.5, 0.6) is 0 Å². The lowest BCUT2D eigenvalue weighted by Gasteiger charge is -2.26. The molecule has 1 fully saturated rings. The van der Waals surface area contributed by atoms with E-state index in [2.05, 4.69) is 13.8 Å². The van der Waals surface area contributed by atoms with Gasteiger partial charge in [0.2, 0.25) is 5.91 Å². The first-order chi connectivity index (χ1) is 9.09. The summed E-state index contributed by atoms with van der Waals surface area (Å²) in [4.78, 5) is 14.8. The van der Waals surface area contributed by atoms with Crippen LogP contribution in [0.1, 0.15) is 33.1 Å². The Bertz CT molecular complexity index is 444. The zero-order valence-electron chi connectivity index (χ0n) is 11.4. The van der Waals surface area contributed by atoms with Crippen LogP contribution in [0.25, 0.3) is 0 Å². The molecule has 19 heavy (non-hydrogen) atoms. The maximum absolute atomic E-state index is 13.4. The number of rotatable bonds is 6. The summed E-state index contributed by atoms with van der Waals surface area (Å²) in [6.45, 7) is 4.11. The van der Waals surface area contributed by atoms with Crippen molar-refractivity contribution in [2.45, 2.75) is 50.1 Å². The number of nitrogens with zero attached hydrogens (tertiary/aromatic N) is 1. The molecule has 1 aliphatic carbocycles. The molecule has 0 spiro atoms. The van der Waals surface area contributed by atoms with Crippen molar-refractivity contribution < 1.29 is 9.18 Å². The van der Waals surface area contributed by atoms with E-state index < -0.39 is 0 Å². The Hall–Kier alpha value is -1.03. The molecule has 0 N–H and O–H groups in total. The van der Waals surface area contributed by atoms with E-state index in [0.717, 1.165) is 12.8 Å². The van der Waals surface area contributed by atoms with Gasteiger partial charge in [-0.1, -0.05) is 12.1 Å². The molecule has 0 aromatic heterocycles. The molecule has 1 aliphatic rings. The van der Waals surface area contributed by atoms with Crippen molar-refractivity contribution in [3.63, 3.8) is 0 Å². The number of hydrogen-bond acceptors (Lipinski definition) is 2. The first-order valence-electron chi connectivity index (χ1n) is 6.78. The van der Waals surface area contributed by atoms with Crippen molar-refractivity contribution in [2.75, 3.05) is 5.75 Å². The maximum atomic E-state index is 13.4. The minimum absolute atomic E-state index is 0.196. The Morgan fingerprint density at radius 2 is 2.11 bits per heavy atom. The van der Waals surface area contributed by atoms with Crippen molar-refractivity contribution in [1.29, 1.82) is 0 Å². The van der Waals surface area contributed by atoms with Crippen LogP contribution in [0, 0.1) is 5.82 Å². The van der Waals surface area contributed by atoms with Crippen molar-refractivity contribution in [3.05, 3.63) is 30.1 Å². The van der Waals surface area contributed by atoms with E-state index in [-0.39, 0.29) is 17.8 Å². The summed E-state index contributed by atoms with van der Waals surface area (Å²) in [5.74, 6) is 0.625. The monoisotopic (exact) mass is 281 g/mol. The lowest BCUT2D eigenvalue weighted by Crippen LogP contribution is -2.38. The van der Waals surface area contributed by atoms with Crippen LogP contribution in [0.4, 0.5) is 4.39 Å². The average Bonchev–Trinajstić information content (AvgIpc) is 3.16. The molecule has 0 heterocycles. The van der Waals surface area contributed by atoms with Crippen LogP contribution in [-0.4, -0.2) is 28.6 Å². The van der Waals surface area contributed by atoms with E-state index in [4.69, 9.17) is 0 Å². The van der Waals surface area contributed by atoms with E-state index in [9.17, 15) is 9.18 Å². The summed E-state index contributed by atoms with van der Waals surface area (Å²) in [6, 6.07) is 7.42. The summed E-state index contributed by atoms with van der Waals surface area (Å²) in [5, 5.41) is 0. The molecule has 1 aromatic carbocycles. The highest BCUT2D eigenvalue weighted by Gasteiger charge is 2.33. The van der Waals surface area contributed by atoms with E-state index in [0.29, 0.717) is 23.1 Å². The van der Waals surface area contributed by atoms with Gasteiger partial charge < -0.3 is 4.90 Å². The fourth-order valence-electron chi connectivity index (χ4n) is 2.21. The number of benzene rings is 1. The van der Waals surface area contributed by atoms with Gasteiger partial charge in [-0.15, -0.1) is 11.8 Å². The van der Waals surface area contributed by atoms with Crippen molar-refractivity contribution in [2.24, 2.45) is 0 Å². The number of thioether (sulfide) groups is 1. The third-order valence-corrected chi connectivity index (χ3v) is 4.25. The first kappa shape index (κ1) is 14.4. The van der Waals surface area contributed by atoms with E-state index in [1.165, 1.54) is 17.8 Å². The lowest BCUT2D eigenvalue weighted by atomic mass is 10.2. The average molecular weight is 281 g/mol. The van der Waals surface area contributed by atoms with Gasteiger partial charge in [-0.05, 0) is 38.8 Å². The SMILES string of the molecule is CC(C)N(C(=O)CCSc1ccccc1F)C1CC1. The number of amides is 1. The zero-order chi connectivity index (χ0) is 13.8. The van der Waals surface area contributed by atoms with Crippen LogP contribution in [0.3, 0.4) is 0 Å². The van der Waals surface area contributed by atoms with Gasteiger partial charge in [0.1, 0.15) is 5.82 Å². The smallest absolute Gasteiger partial charge is 0.223 e. The molecule has 1 saturated carbocycles. The first-order valence-corrected chi connectivity index (χ1v) is 7.76. The minimum atomic E-state index is -0.206. The Balaban J connectivity index is 1.82. The largest absolute Gasteiger partial charge is 0.337 e. The molecule has 2 rings (SSSR count). The number of carbonyl (C=O) groups is 1. The quantitative estimate of drug-likeness (QED) is 0.741. The van der Waals surface area contributed by atoms with Gasteiger partial charge in [0.15, 0.2) is 0 Å². The highest BCUT2D eigenvalue weighted by Crippen LogP contribution is 2.30. The standard InChI is InChI=1S/C15H20FNOS/c1-11(2)17(12-7-8-12)15(18)9-10-19-14-6-4-3-5-13(14)16/h3-6,11-12H,7-10H2,1-2H3. The molecular weight excluding hydrogens is 261 g/mol. The predicted molar refractivity (Wildman–Crippen MR) is 76.7 cm³/mol. The van der Waals surface area contributed by atoms with Gasteiger partial charge >= 0.3 is 0 Å².